The van der Waals surface area contributed by atoms with Crippen molar-refractivity contribution in [2.45, 2.75) is 31.6 Å². The molecular weight excluding hydrogens is 356 g/mol. The van der Waals surface area contributed by atoms with Gasteiger partial charge in [0.15, 0.2) is 0 Å². The summed E-state index contributed by atoms with van der Waals surface area (Å²) in [6.07, 6.45) is 0.689. The Morgan fingerprint density at radius 1 is 1.19 bits per heavy atom. The molecule has 140 valence electrons. The zero-order valence-electron chi connectivity index (χ0n) is 14.7. The molecule has 0 radical (unpaired) electrons. The van der Waals surface area contributed by atoms with Gasteiger partial charge in [0.1, 0.15) is 6.07 Å². The number of hydrazine groups is 1. The number of nitrogens with one attached hydrogen (secondary N) is 2. The molecule has 0 aliphatic carbocycles. The van der Waals surface area contributed by atoms with Crippen LogP contribution in [0.15, 0.2) is 29.2 Å². The van der Waals surface area contributed by atoms with Crippen LogP contribution in [0.4, 0.5) is 0 Å². The molecular formula is C17H22N4O4S. The van der Waals surface area contributed by atoms with Gasteiger partial charge in [-0.05, 0) is 25.0 Å². The summed E-state index contributed by atoms with van der Waals surface area (Å²) in [5.41, 5.74) is 4.84. The van der Waals surface area contributed by atoms with Gasteiger partial charge in [0, 0.05) is 24.9 Å². The van der Waals surface area contributed by atoms with Gasteiger partial charge in [-0.15, -0.1) is 0 Å². The second-order valence-electron chi connectivity index (χ2n) is 6.42. The third kappa shape index (κ3) is 4.39. The zero-order valence-corrected chi connectivity index (χ0v) is 15.5. The summed E-state index contributed by atoms with van der Waals surface area (Å²) in [5.74, 6) is -1.23. The largest absolute Gasteiger partial charge is 0.273 e. The Morgan fingerprint density at radius 2 is 1.81 bits per heavy atom. The fraction of sp³-hybridized carbons (Fsp3) is 0.471. The predicted molar refractivity (Wildman–Crippen MR) is 93.8 cm³/mol. The first-order chi connectivity index (χ1) is 12.3. The lowest BCUT2D eigenvalue weighted by Crippen LogP contribution is -2.49. The Morgan fingerprint density at radius 3 is 2.38 bits per heavy atom. The molecule has 0 atom stereocenters. The van der Waals surface area contributed by atoms with Gasteiger partial charge < -0.3 is 0 Å². The smallest absolute Gasteiger partial charge is 0.244 e. The number of nitrogens with zero attached hydrogens (tertiary/aromatic N) is 2. The summed E-state index contributed by atoms with van der Waals surface area (Å²) in [7, 11) is -3.78. The maximum absolute atomic E-state index is 12.8. The summed E-state index contributed by atoms with van der Waals surface area (Å²) in [6.45, 7) is 3.78. The van der Waals surface area contributed by atoms with E-state index < -0.39 is 10.0 Å². The SMILES string of the molecule is CC(C)C(=O)NNC(=O)C1CCN(S(=O)(=O)c2ccccc2C#N)CC1. The van der Waals surface area contributed by atoms with E-state index in [9.17, 15) is 18.0 Å². The number of hydrogen-bond acceptors (Lipinski definition) is 5. The zero-order chi connectivity index (χ0) is 19.3. The van der Waals surface area contributed by atoms with Crippen molar-refractivity contribution in [1.29, 1.82) is 5.26 Å². The summed E-state index contributed by atoms with van der Waals surface area (Å²) in [4.78, 5) is 23.6. The van der Waals surface area contributed by atoms with Crippen molar-refractivity contribution in [2.24, 2.45) is 11.8 Å². The number of rotatable bonds is 4. The number of amides is 2. The third-order valence-electron chi connectivity index (χ3n) is 4.28. The average molecular weight is 378 g/mol. The second-order valence-corrected chi connectivity index (χ2v) is 8.33. The molecule has 0 bridgehead atoms. The maximum Gasteiger partial charge on any atom is 0.244 e. The minimum atomic E-state index is -3.78. The third-order valence-corrected chi connectivity index (χ3v) is 6.24. The van der Waals surface area contributed by atoms with Crippen molar-refractivity contribution in [3.63, 3.8) is 0 Å². The monoisotopic (exact) mass is 378 g/mol. The van der Waals surface area contributed by atoms with E-state index in [-0.39, 0.29) is 47.2 Å². The molecule has 26 heavy (non-hydrogen) atoms. The predicted octanol–water partition coefficient (Wildman–Crippen LogP) is 0.762. The highest BCUT2D eigenvalue weighted by molar-refractivity contribution is 7.89. The molecule has 1 saturated heterocycles. The molecule has 8 nitrogen and oxygen atoms in total. The first-order valence-corrected chi connectivity index (χ1v) is 9.80. The number of sulfonamides is 1. The summed E-state index contributed by atoms with van der Waals surface area (Å²) < 4.78 is 26.8. The molecule has 2 rings (SSSR count). The Hall–Kier alpha value is -2.44. The van der Waals surface area contributed by atoms with E-state index in [0.717, 1.165) is 0 Å². The van der Waals surface area contributed by atoms with Crippen molar-refractivity contribution in [1.82, 2.24) is 15.2 Å². The molecule has 1 aromatic carbocycles. The minimum Gasteiger partial charge on any atom is -0.273 e. The molecule has 2 amide bonds. The number of piperidine rings is 1. The maximum atomic E-state index is 12.8. The Kier molecular flexibility index (Phi) is 6.34. The molecule has 0 aromatic heterocycles. The average Bonchev–Trinajstić information content (AvgIpc) is 2.65. The molecule has 1 aliphatic heterocycles. The Balaban J connectivity index is 1.98. The molecule has 1 aromatic rings. The van der Waals surface area contributed by atoms with Gasteiger partial charge in [0.2, 0.25) is 21.8 Å². The van der Waals surface area contributed by atoms with Crippen LogP contribution in [-0.2, 0) is 19.6 Å². The van der Waals surface area contributed by atoms with Crippen LogP contribution in [0.25, 0.3) is 0 Å². The van der Waals surface area contributed by atoms with E-state index in [0.29, 0.717) is 12.8 Å². The highest BCUT2D eigenvalue weighted by atomic mass is 32.2. The van der Waals surface area contributed by atoms with E-state index in [1.54, 1.807) is 26.0 Å². The van der Waals surface area contributed by atoms with Crippen molar-refractivity contribution < 1.29 is 18.0 Å². The van der Waals surface area contributed by atoms with E-state index in [1.165, 1.54) is 16.4 Å². The van der Waals surface area contributed by atoms with Crippen LogP contribution in [0, 0.1) is 23.2 Å². The van der Waals surface area contributed by atoms with Crippen LogP contribution in [0.1, 0.15) is 32.3 Å². The molecule has 0 spiro atoms. The summed E-state index contributed by atoms with van der Waals surface area (Å²) >= 11 is 0. The molecule has 0 saturated carbocycles. The van der Waals surface area contributed by atoms with Crippen molar-refractivity contribution in [3.8, 4) is 6.07 Å². The lowest BCUT2D eigenvalue weighted by atomic mass is 9.98. The Bertz CT molecular complexity index is 821. The van der Waals surface area contributed by atoms with Crippen molar-refractivity contribution in [3.05, 3.63) is 29.8 Å². The number of carbonyl (C=O) groups excluding carboxylic acids is 2. The highest BCUT2D eigenvalue weighted by Gasteiger charge is 2.33. The fourth-order valence-corrected chi connectivity index (χ4v) is 4.26. The topological polar surface area (TPSA) is 119 Å². The molecule has 1 heterocycles. The first kappa shape index (κ1) is 19.9. The van der Waals surface area contributed by atoms with E-state index in [2.05, 4.69) is 10.9 Å². The highest BCUT2D eigenvalue weighted by Crippen LogP contribution is 2.25. The standard InChI is InChI=1S/C17H22N4O4S/c1-12(2)16(22)19-20-17(23)13-7-9-21(10-8-13)26(24,25)15-6-4-3-5-14(15)11-18/h3-6,12-13H,7-10H2,1-2H3,(H,19,22)(H,20,23). The normalized spacial score (nSPS) is 16.1. The lowest BCUT2D eigenvalue weighted by molar-refractivity contribution is -0.133. The number of hydrogen-bond donors (Lipinski definition) is 2. The minimum absolute atomic E-state index is 0.0189. The van der Waals surface area contributed by atoms with Crippen LogP contribution in [0.3, 0.4) is 0 Å². The van der Waals surface area contributed by atoms with Gasteiger partial charge in [-0.2, -0.15) is 9.57 Å². The fourth-order valence-electron chi connectivity index (χ4n) is 2.65. The van der Waals surface area contributed by atoms with Gasteiger partial charge >= 0.3 is 0 Å². The van der Waals surface area contributed by atoms with Gasteiger partial charge in [-0.1, -0.05) is 26.0 Å². The van der Waals surface area contributed by atoms with Gasteiger partial charge in [-0.25, -0.2) is 8.42 Å². The number of nitriles is 1. The van der Waals surface area contributed by atoms with Gasteiger partial charge in [0.25, 0.3) is 0 Å². The van der Waals surface area contributed by atoms with Crippen molar-refractivity contribution in [2.75, 3.05) is 13.1 Å². The quantitative estimate of drug-likeness (QED) is 0.750. The van der Waals surface area contributed by atoms with Crippen LogP contribution in [0.5, 0.6) is 0 Å². The van der Waals surface area contributed by atoms with Crippen LogP contribution >= 0.6 is 0 Å². The van der Waals surface area contributed by atoms with Crippen LogP contribution in [-0.4, -0.2) is 37.6 Å². The number of carbonyl (C=O) groups is 2. The Labute approximate surface area is 153 Å². The van der Waals surface area contributed by atoms with E-state index in [4.69, 9.17) is 5.26 Å². The van der Waals surface area contributed by atoms with Crippen LogP contribution in [0.2, 0.25) is 0 Å². The summed E-state index contributed by atoms with van der Waals surface area (Å²) in [5, 5.41) is 9.12. The molecule has 0 unspecified atom stereocenters. The molecule has 1 aliphatic rings. The number of benzene rings is 1. The summed E-state index contributed by atoms with van der Waals surface area (Å²) in [6, 6.07) is 7.95. The van der Waals surface area contributed by atoms with Crippen LogP contribution < -0.4 is 10.9 Å². The molecule has 2 N–H and O–H groups in total. The lowest BCUT2D eigenvalue weighted by Gasteiger charge is -2.30. The molecule has 1 fully saturated rings. The van der Waals surface area contributed by atoms with E-state index >= 15 is 0 Å². The first-order valence-electron chi connectivity index (χ1n) is 8.36. The van der Waals surface area contributed by atoms with Crippen molar-refractivity contribution >= 4 is 21.8 Å². The van der Waals surface area contributed by atoms with E-state index in [1.807, 2.05) is 6.07 Å². The molecule has 9 heteroatoms. The van der Waals surface area contributed by atoms with Gasteiger partial charge in [-0.3, -0.25) is 20.4 Å². The second kappa shape index (κ2) is 8.29. The van der Waals surface area contributed by atoms with Gasteiger partial charge in [0.05, 0.1) is 10.5 Å².